The third kappa shape index (κ3) is 3.44. The molecule has 5 nitrogen and oxygen atoms in total. The fraction of sp³-hybridized carbons (Fsp3) is 0.214. The number of nitrogen functional groups attached to an aromatic ring is 1. The topological polar surface area (TPSA) is 87.6 Å². The maximum Gasteiger partial charge on any atom is 0.211 e. The van der Waals surface area contributed by atoms with Crippen molar-refractivity contribution in [3.05, 3.63) is 93.8 Å². The molecule has 0 saturated carbocycles. The fourth-order valence-corrected chi connectivity index (χ4v) is 4.84. The molecular weight excluding hydrogens is 408 g/mol. The molecule has 0 atom stereocenters. The molecule has 0 spiro atoms. The molecule has 0 saturated heterocycles. The van der Waals surface area contributed by atoms with Gasteiger partial charge in [-0.3, -0.25) is 4.79 Å². The van der Waals surface area contributed by atoms with Gasteiger partial charge in [0.1, 0.15) is 17.3 Å². The van der Waals surface area contributed by atoms with Gasteiger partial charge in [-0.1, -0.05) is 42.5 Å². The molecule has 5 heteroatoms. The summed E-state index contributed by atoms with van der Waals surface area (Å²) in [5.74, 6) is -0.201. The summed E-state index contributed by atoms with van der Waals surface area (Å²) in [5, 5.41) is 10.2. The van der Waals surface area contributed by atoms with E-state index in [4.69, 9.17) is 5.73 Å². The normalized spacial score (nSPS) is 12.9. The quantitative estimate of drug-likeness (QED) is 0.407. The molecule has 1 aliphatic rings. The Balaban J connectivity index is 1.86. The Bertz CT molecular complexity index is 1390. The van der Waals surface area contributed by atoms with Gasteiger partial charge < -0.3 is 15.3 Å². The molecule has 4 aromatic rings. The molecule has 2 aromatic heterocycles. The van der Waals surface area contributed by atoms with Gasteiger partial charge in [0.25, 0.3) is 0 Å². The Morgan fingerprint density at radius 2 is 1.82 bits per heavy atom. The summed E-state index contributed by atoms with van der Waals surface area (Å²) in [6, 6.07) is 19.6. The van der Waals surface area contributed by atoms with Gasteiger partial charge in [0.15, 0.2) is 0 Å². The zero-order valence-corrected chi connectivity index (χ0v) is 18.9. The molecule has 3 N–H and O–H groups in total. The standard InChI is InChI=1S/C28H26N4O/c1-17-12-13-18(2)24(14-17)32-26(23-15-20-10-6-7-11-22(20)31-23)21(16-29)25(30)27(32)28(33)19-8-4-3-5-9-19/h3-5,8-9,12-15,31H,6-7,10-11,30H2,1-2H3. The first kappa shape index (κ1) is 20.8. The lowest BCUT2D eigenvalue weighted by molar-refractivity contribution is 0.103. The zero-order valence-electron chi connectivity index (χ0n) is 18.9. The Hall–Kier alpha value is -4.04. The second kappa shape index (κ2) is 8.14. The van der Waals surface area contributed by atoms with Crippen molar-refractivity contribution in [2.45, 2.75) is 39.5 Å². The van der Waals surface area contributed by atoms with Crippen molar-refractivity contribution in [1.82, 2.24) is 9.55 Å². The van der Waals surface area contributed by atoms with Crippen molar-refractivity contribution in [2.75, 3.05) is 5.73 Å². The summed E-state index contributed by atoms with van der Waals surface area (Å²) in [6.45, 7) is 4.03. The number of H-pyrrole nitrogens is 1. The van der Waals surface area contributed by atoms with Crippen LogP contribution in [0.3, 0.4) is 0 Å². The number of aromatic nitrogens is 2. The third-order valence-electron chi connectivity index (χ3n) is 6.55. The first-order chi connectivity index (χ1) is 16.0. The molecule has 0 aliphatic heterocycles. The number of nitrogens with zero attached hydrogens (tertiary/aromatic N) is 2. The van der Waals surface area contributed by atoms with Gasteiger partial charge in [0.05, 0.1) is 17.1 Å². The highest BCUT2D eigenvalue weighted by Crippen LogP contribution is 2.39. The summed E-state index contributed by atoms with van der Waals surface area (Å²) in [5.41, 5.74) is 14.9. The van der Waals surface area contributed by atoms with E-state index in [1.165, 1.54) is 11.3 Å². The number of rotatable bonds is 4. The summed E-state index contributed by atoms with van der Waals surface area (Å²) in [6.07, 6.45) is 4.32. The van der Waals surface area contributed by atoms with E-state index in [9.17, 15) is 10.1 Å². The Morgan fingerprint density at radius 1 is 1.06 bits per heavy atom. The van der Waals surface area contributed by atoms with Crippen molar-refractivity contribution < 1.29 is 4.79 Å². The number of ketones is 1. The number of carbonyl (C=O) groups excluding carboxylic acids is 1. The number of nitrogens with two attached hydrogens (primary N) is 1. The van der Waals surface area contributed by atoms with E-state index in [0.717, 1.165) is 48.2 Å². The second-order valence-electron chi connectivity index (χ2n) is 8.81. The van der Waals surface area contributed by atoms with Crippen LogP contribution in [-0.2, 0) is 12.8 Å². The molecular formula is C28H26N4O. The summed E-state index contributed by atoms with van der Waals surface area (Å²) < 4.78 is 1.89. The van der Waals surface area contributed by atoms with Gasteiger partial charge in [-0.15, -0.1) is 0 Å². The number of fused-ring (bicyclic) bond motifs is 1. The lowest BCUT2D eigenvalue weighted by Crippen LogP contribution is -2.13. The van der Waals surface area contributed by atoms with Crippen LogP contribution in [0.25, 0.3) is 17.1 Å². The maximum atomic E-state index is 13.7. The predicted molar refractivity (Wildman–Crippen MR) is 131 cm³/mol. The van der Waals surface area contributed by atoms with Gasteiger partial charge in [-0.25, -0.2) is 0 Å². The molecule has 164 valence electrons. The lowest BCUT2D eigenvalue weighted by atomic mass is 9.98. The molecule has 33 heavy (non-hydrogen) atoms. The van der Waals surface area contributed by atoms with Crippen molar-refractivity contribution in [2.24, 2.45) is 0 Å². The average Bonchev–Trinajstić information content (AvgIpc) is 3.38. The minimum atomic E-state index is -0.201. The highest BCUT2D eigenvalue weighted by molar-refractivity contribution is 6.13. The molecule has 5 rings (SSSR count). The van der Waals surface area contributed by atoms with Gasteiger partial charge in [0, 0.05) is 16.9 Å². The minimum Gasteiger partial charge on any atom is -0.396 e. The van der Waals surface area contributed by atoms with E-state index in [1.54, 1.807) is 12.1 Å². The van der Waals surface area contributed by atoms with Crippen LogP contribution >= 0.6 is 0 Å². The molecule has 1 aliphatic carbocycles. The number of hydrogen-bond donors (Lipinski definition) is 2. The average molecular weight is 435 g/mol. The molecule has 0 unspecified atom stereocenters. The fourth-order valence-electron chi connectivity index (χ4n) is 4.84. The Kier molecular flexibility index (Phi) is 5.14. The molecule has 2 heterocycles. The second-order valence-corrected chi connectivity index (χ2v) is 8.81. The van der Waals surface area contributed by atoms with Gasteiger partial charge >= 0.3 is 0 Å². The van der Waals surface area contributed by atoms with Crippen molar-refractivity contribution in [3.8, 4) is 23.1 Å². The summed E-state index contributed by atoms with van der Waals surface area (Å²) >= 11 is 0. The number of aromatic amines is 1. The van der Waals surface area contributed by atoms with E-state index in [2.05, 4.69) is 17.1 Å². The van der Waals surface area contributed by atoms with Gasteiger partial charge in [0.2, 0.25) is 5.78 Å². The SMILES string of the molecule is Cc1ccc(C)c(-n2c(C(=O)c3ccccc3)c(N)c(C#N)c2-c2cc3c([nH]2)CCCC3)c1. The van der Waals surface area contributed by atoms with Crippen molar-refractivity contribution in [3.63, 3.8) is 0 Å². The van der Waals surface area contributed by atoms with Crippen LogP contribution in [-0.4, -0.2) is 15.3 Å². The molecule has 0 fully saturated rings. The molecule has 0 radical (unpaired) electrons. The van der Waals surface area contributed by atoms with Crippen LogP contribution in [0.5, 0.6) is 0 Å². The van der Waals surface area contributed by atoms with Crippen LogP contribution < -0.4 is 5.73 Å². The Labute approximate surface area is 193 Å². The van der Waals surface area contributed by atoms with Crippen molar-refractivity contribution >= 4 is 11.5 Å². The first-order valence-electron chi connectivity index (χ1n) is 11.3. The van der Waals surface area contributed by atoms with Crippen molar-refractivity contribution in [1.29, 1.82) is 5.26 Å². The number of nitrogens with one attached hydrogen (secondary N) is 1. The van der Waals surface area contributed by atoms with E-state index < -0.39 is 0 Å². The van der Waals surface area contributed by atoms with Gasteiger partial charge in [-0.2, -0.15) is 5.26 Å². The Morgan fingerprint density at radius 3 is 2.55 bits per heavy atom. The summed E-state index contributed by atoms with van der Waals surface area (Å²) in [4.78, 5) is 17.3. The largest absolute Gasteiger partial charge is 0.396 e. The number of nitriles is 1. The van der Waals surface area contributed by atoms with E-state index >= 15 is 0 Å². The molecule has 2 aromatic carbocycles. The third-order valence-corrected chi connectivity index (χ3v) is 6.55. The minimum absolute atomic E-state index is 0.201. The predicted octanol–water partition coefficient (Wildman–Crippen LogP) is 5.65. The van der Waals surface area contributed by atoms with Crippen LogP contribution in [0.2, 0.25) is 0 Å². The molecule has 0 amide bonds. The monoisotopic (exact) mass is 434 g/mol. The van der Waals surface area contributed by atoms with Crippen LogP contribution in [0.1, 0.15) is 56.8 Å². The lowest BCUT2D eigenvalue weighted by Gasteiger charge is -2.16. The highest BCUT2D eigenvalue weighted by atomic mass is 16.1. The molecule has 0 bridgehead atoms. The number of carbonyl (C=O) groups is 1. The van der Waals surface area contributed by atoms with E-state index in [1.807, 2.05) is 54.8 Å². The number of anilines is 1. The number of hydrogen-bond acceptors (Lipinski definition) is 3. The van der Waals surface area contributed by atoms with Gasteiger partial charge in [-0.05, 0) is 68.4 Å². The maximum absolute atomic E-state index is 13.7. The smallest absolute Gasteiger partial charge is 0.211 e. The summed E-state index contributed by atoms with van der Waals surface area (Å²) in [7, 11) is 0. The number of benzene rings is 2. The number of aryl methyl sites for hydroxylation is 4. The van der Waals surface area contributed by atoms with Crippen LogP contribution in [0.4, 0.5) is 5.69 Å². The zero-order chi connectivity index (χ0) is 23.1. The van der Waals surface area contributed by atoms with E-state index in [0.29, 0.717) is 22.5 Å². The first-order valence-corrected chi connectivity index (χ1v) is 11.3. The van der Waals surface area contributed by atoms with Crippen LogP contribution in [0, 0.1) is 25.2 Å². The highest BCUT2D eigenvalue weighted by Gasteiger charge is 2.30. The van der Waals surface area contributed by atoms with E-state index in [-0.39, 0.29) is 11.5 Å². The van der Waals surface area contributed by atoms with Crippen LogP contribution in [0.15, 0.2) is 54.6 Å².